The number of hydrogen-bond donors (Lipinski definition) is 0. The summed E-state index contributed by atoms with van der Waals surface area (Å²) in [4.78, 5) is 16.4. The van der Waals surface area contributed by atoms with Crippen LogP contribution < -0.4 is 0 Å². The smallest absolute Gasteiger partial charge is 0.416 e. The van der Waals surface area contributed by atoms with Crippen LogP contribution in [-0.4, -0.2) is 29.9 Å². The number of imidazole rings is 1. The molecule has 32 heavy (non-hydrogen) atoms. The highest BCUT2D eigenvalue weighted by molar-refractivity contribution is 5.93. The van der Waals surface area contributed by atoms with Crippen LogP contribution in [0.5, 0.6) is 0 Å². The molecule has 1 aromatic carbocycles. The molecule has 0 amide bonds. The highest BCUT2D eigenvalue weighted by Gasteiger charge is 2.31. The van der Waals surface area contributed by atoms with E-state index in [0.717, 1.165) is 35.4 Å². The number of nitrogens with zero attached hydrogens (tertiary/aromatic N) is 5. The monoisotopic (exact) mass is 451 g/mol. The highest BCUT2D eigenvalue weighted by Crippen LogP contribution is 2.31. The Labute approximate surface area is 177 Å². The maximum absolute atomic E-state index is 13.1. The molecule has 3 heterocycles. The van der Waals surface area contributed by atoms with Gasteiger partial charge in [0.2, 0.25) is 0 Å². The van der Waals surface area contributed by atoms with Gasteiger partial charge in [-0.1, -0.05) is 6.07 Å². The first-order chi connectivity index (χ1) is 15.3. The summed E-state index contributed by atoms with van der Waals surface area (Å²) in [5.41, 5.74) is -0.892. The molecule has 4 rings (SSSR count). The second kappa shape index (κ2) is 8.29. The topological polar surface area (TPSA) is 66.9 Å². The van der Waals surface area contributed by atoms with Crippen LogP contribution in [0.2, 0.25) is 0 Å². The van der Waals surface area contributed by atoms with E-state index in [2.05, 4.69) is 10.1 Å². The Balaban J connectivity index is 1.69. The fourth-order valence-corrected chi connectivity index (χ4v) is 3.05. The number of benzene rings is 1. The Morgan fingerprint density at radius 1 is 1.09 bits per heavy atom. The summed E-state index contributed by atoms with van der Waals surface area (Å²) in [5.74, 6) is -0.951. The number of alkyl halides is 5. The summed E-state index contributed by atoms with van der Waals surface area (Å²) in [7, 11) is 0. The zero-order valence-electron chi connectivity index (χ0n) is 16.1. The molecule has 0 unspecified atom stereocenters. The Hall–Kier alpha value is -3.96. The van der Waals surface area contributed by atoms with Crippen LogP contribution >= 0.6 is 0 Å². The van der Waals surface area contributed by atoms with Gasteiger partial charge in [0.15, 0.2) is 11.6 Å². The van der Waals surface area contributed by atoms with Crippen molar-refractivity contribution in [2.45, 2.75) is 19.3 Å². The van der Waals surface area contributed by atoms with Crippen molar-refractivity contribution in [2.75, 3.05) is 0 Å². The highest BCUT2D eigenvalue weighted by atomic mass is 19.4. The van der Waals surface area contributed by atoms with Crippen molar-refractivity contribution in [3.8, 4) is 11.5 Å². The average Bonchev–Trinajstić information content (AvgIpc) is 3.51. The second-order valence-electron chi connectivity index (χ2n) is 6.54. The van der Waals surface area contributed by atoms with Crippen molar-refractivity contribution < 1.29 is 31.5 Å². The number of ether oxygens (including phenoxy) is 1. The first-order valence-electron chi connectivity index (χ1n) is 9.11. The largest absolute Gasteiger partial charge is 0.454 e. The van der Waals surface area contributed by atoms with E-state index >= 15 is 0 Å². The fourth-order valence-electron chi connectivity index (χ4n) is 3.05. The zero-order chi connectivity index (χ0) is 22.9. The van der Waals surface area contributed by atoms with Crippen LogP contribution in [-0.2, 0) is 17.5 Å². The summed E-state index contributed by atoms with van der Waals surface area (Å²) < 4.78 is 73.6. The standard InChI is InChI=1S/C20H14F5N5O2/c21-19(22)29-9-6-26-16(29)12-32-18(31)15-11-27-30(17(15)28-7-1-2-8-28)14-5-3-4-13(10-14)20(23,24)25/h1-11,19H,12H2. The summed E-state index contributed by atoms with van der Waals surface area (Å²) in [6.07, 6.45) is 1.91. The molecule has 166 valence electrons. The van der Waals surface area contributed by atoms with Crippen LogP contribution in [0.25, 0.3) is 11.5 Å². The summed E-state index contributed by atoms with van der Waals surface area (Å²) >= 11 is 0. The lowest BCUT2D eigenvalue weighted by Crippen LogP contribution is -2.13. The molecule has 0 saturated heterocycles. The quantitative estimate of drug-likeness (QED) is 0.317. The molecule has 0 saturated carbocycles. The maximum Gasteiger partial charge on any atom is 0.416 e. The van der Waals surface area contributed by atoms with Crippen LogP contribution in [0.3, 0.4) is 0 Å². The predicted molar refractivity (Wildman–Crippen MR) is 100 cm³/mol. The van der Waals surface area contributed by atoms with Gasteiger partial charge in [-0.25, -0.2) is 14.5 Å². The average molecular weight is 451 g/mol. The predicted octanol–water partition coefficient (Wildman–Crippen LogP) is 4.63. The van der Waals surface area contributed by atoms with Gasteiger partial charge in [0.05, 0.1) is 17.4 Å². The third-order valence-electron chi connectivity index (χ3n) is 4.52. The lowest BCUT2D eigenvalue weighted by atomic mass is 10.2. The molecule has 0 spiro atoms. The first kappa shape index (κ1) is 21.3. The van der Waals surface area contributed by atoms with E-state index in [0.29, 0.717) is 4.57 Å². The van der Waals surface area contributed by atoms with Gasteiger partial charge in [-0.05, 0) is 30.3 Å². The Morgan fingerprint density at radius 3 is 2.53 bits per heavy atom. The van der Waals surface area contributed by atoms with E-state index in [-0.39, 0.29) is 22.9 Å². The number of aromatic nitrogens is 5. The number of carbonyl (C=O) groups is 1. The van der Waals surface area contributed by atoms with Gasteiger partial charge in [-0.3, -0.25) is 4.57 Å². The Morgan fingerprint density at radius 2 is 1.84 bits per heavy atom. The van der Waals surface area contributed by atoms with Crippen LogP contribution in [0.1, 0.15) is 28.3 Å². The van der Waals surface area contributed by atoms with E-state index < -0.39 is 30.9 Å². The molecule has 0 fully saturated rings. The number of carbonyl (C=O) groups excluding carboxylic acids is 1. The van der Waals surface area contributed by atoms with Gasteiger partial charge in [-0.2, -0.15) is 27.1 Å². The van der Waals surface area contributed by atoms with E-state index in [1.807, 2.05) is 0 Å². The van der Waals surface area contributed by atoms with Crippen molar-refractivity contribution in [2.24, 2.45) is 0 Å². The third kappa shape index (κ3) is 4.11. The van der Waals surface area contributed by atoms with Crippen molar-refractivity contribution in [3.63, 3.8) is 0 Å². The minimum absolute atomic E-state index is 0.0656. The second-order valence-corrected chi connectivity index (χ2v) is 6.54. The number of rotatable bonds is 6. The molecule has 12 heteroatoms. The van der Waals surface area contributed by atoms with Crippen LogP contribution in [0.4, 0.5) is 22.0 Å². The number of halogens is 5. The maximum atomic E-state index is 13.1. The normalized spacial score (nSPS) is 11.8. The van der Waals surface area contributed by atoms with Gasteiger partial charge < -0.3 is 9.30 Å². The molecule has 7 nitrogen and oxygen atoms in total. The lowest BCUT2D eigenvalue weighted by Gasteiger charge is -2.13. The molecule has 0 atom stereocenters. The molecule has 0 N–H and O–H groups in total. The van der Waals surface area contributed by atoms with E-state index in [1.54, 1.807) is 24.5 Å². The van der Waals surface area contributed by atoms with Crippen molar-refractivity contribution in [3.05, 3.63) is 84.3 Å². The number of hydrogen-bond acceptors (Lipinski definition) is 4. The van der Waals surface area contributed by atoms with Gasteiger partial charge >= 0.3 is 18.7 Å². The summed E-state index contributed by atoms with van der Waals surface area (Å²) in [6.45, 7) is -3.39. The van der Waals surface area contributed by atoms with E-state index in [1.165, 1.54) is 16.7 Å². The van der Waals surface area contributed by atoms with Crippen molar-refractivity contribution >= 4 is 5.97 Å². The Bertz CT molecular complexity index is 1230. The zero-order valence-corrected chi connectivity index (χ0v) is 16.1. The molecule has 0 bridgehead atoms. The van der Waals surface area contributed by atoms with Crippen LogP contribution in [0.15, 0.2) is 67.4 Å². The lowest BCUT2D eigenvalue weighted by molar-refractivity contribution is -0.137. The van der Waals surface area contributed by atoms with Crippen molar-refractivity contribution in [1.82, 2.24) is 23.9 Å². The fraction of sp³-hybridized carbons (Fsp3) is 0.150. The van der Waals surface area contributed by atoms with Gasteiger partial charge in [-0.15, -0.1) is 0 Å². The Kier molecular flexibility index (Phi) is 5.51. The number of esters is 1. The molecule has 4 aromatic rings. The molecule has 0 aliphatic carbocycles. The molecular formula is C20H14F5N5O2. The first-order valence-corrected chi connectivity index (χ1v) is 9.11. The van der Waals surface area contributed by atoms with E-state index in [9.17, 15) is 26.7 Å². The molecule has 3 aromatic heterocycles. The van der Waals surface area contributed by atoms with Crippen molar-refractivity contribution in [1.29, 1.82) is 0 Å². The molecular weight excluding hydrogens is 437 g/mol. The van der Waals surface area contributed by atoms with Gasteiger partial charge in [0.1, 0.15) is 12.2 Å². The van der Waals surface area contributed by atoms with Gasteiger partial charge in [0.25, 0.3) is 0 Å². The molecule has 0 aliphatic heterocycles. The van der Waals surface area contributed by atoms with E-state index in [4.69, 9.17) is 4.74 Å². The summed E-state index contributed by atoms with van der Waals surface area (Å²) in [6, 6.07) is 7.75. The molecule has 0 aliphatic rings. The summed E-state index contributed by atoms with van der Waals surface area (Å²) in [5, 5.41) is 4.06. The molecule has 0 radical (unpaired) electrons. The van der Waals surface area contributed by atoms with Gasteiger partial charge in [0, 0.05) is 24.8 Å². The minimum atomic E-state index is -4.56. The third-order valence-corrected chi connectivity index (χ3v) is 4.52. The SMILES string of the molecule is O=C(OCc1nccn1C(F)F)c1cnn(-c2cccc(C(F)(F)F)c2)c1-n1cccc1. The van der Waals surface area contributed by atoms with Crippen LogP contribution in [0, 0.1) is 0 Å². The minimum Gasteiger partial charge on any atom is -0.454 e.